The number of rotatable bonds is 9. The summed E-state index contributed by atoms with van der Waals surface area (Å²) in [6.07, 6.45) is 1.32. The standard InChI is InChI=1S/C18H24N2O6/c1-4-5-8-19-17(23)18(11-16(21)22)10-13(20-26-18)12-6-7-14(24-2)15(9-12)25-3/h6-7,9H,4-5,8,10-11H2,1-3H3,(H,19,23)(H,21,22). The Labute approximate surface area is 152 Å². The molecule has 2 N–H and O–H groups in total. The lowest BCUT2D eigenvalue weighted by Gasteiger charge is -2.23. The van der Waals surface area contributed by atoms with E-state index in [0.717, 1.165) is 12.8 Å². The molecular formula is C18H24N2O6. The largest absolute Gasteiger partial charge is 0.493 e. The van der Waals surface area contributed by atoms with Gasteiger partial charge in [-0.3, -0.25) is 9.59 Å². The number of methoxy groups -OCH3 is 2. The fourth-order valence-electron chi connectivity index (χ4n) is 2.73. The summed E-state index contributed by atoms with van der Waals surface area (Å²) in [5.41, 5.74) is -0.378. The third-order valence-corrected chi connectivity index (χ3v) is 4.17. The number of amides is 1. The second-order valence-electron chi connectivity index (χ2n) is 6.05. The summed E-state index contributed by atoms with van der Waals surface area (Å²) >= 11 is 0. The first-order valence-corrected chi connectivity index (χ1v) is 8.43. The number of oxime groups is 1. The number of benzene rings is 1. The maximum absolute atomic E-state index is 12.6. The van der Waals surface area contributed by atoms with Gasteiger partial charge in [0.25, 0.3) is 5.91 Å². The van der Waals surface area contributed by atoms with Gasteiger partial charge in [-0.15, -0.1) is 0 Å². The number of nitrogens with one attached hydrogen (secondary N) is 1. The van der Waals surface area contributed by atoms with Crippen LogP contribution in [0.15, 0.2) is 23.4 Å². The first-order valence-electron chi connectivity index (χ1n) is 8.43. The van der Waals surface area contributed by atoms with E-state index >= 15 is 0 Å². The molecule has 0 saturated carbocycles. The minimum absolute atomic E-state index is 0.0622. The van der Waals surface area contributed by atoms with Crippen LogP contribution in [0.5, 0.6) is 11.5 Å². The van der Waals surface area contributed by atoms with Crippen molar-refractivity contribution in [2.75, 3.05) is 20.8 Å². The van der Waals surface area contributed by atoms with Gasteiger partial charge >= 0.3 is 5.97 Å². The van der Waals surface area contributed by atoms with E-state index in [1.165, 1.54) is 14.2 Å². The molecule has 0 saturated heterocycles. The summed E-state index contributed by atoms with van der Waals surface area (Å²) in [5, 5.41) is 15.9. The van der Waals surface area contributed by atoms with E-state index in [0.29, 0.717) is 29.3 Å². The van der Waals surface area contributed by atoms with Crippen molar-refractivity contribution in [3.63, 3.8) is 0 Å². The van der Waals surface area contributed by atoms with E-state index in [4.69, 9.17) is 14.3 Å². The van der Waals surface area contributed by atoms with E-state index in [1.807, 2.05) is 6.92 Å². The highest BCUT2D eigenvalue weighted by Gasteiger charge is 2.48. The second-order valence-corrected chi connectivity index (χ2v) is 6.05. The number of carboxylic acids is 1. The number of nitrogens with zero attached hydrogens (tertiary/aromatic N) is 1. The number of carboxylic acid groups (broad SMARTS) is 1. The lowest BCUT2D eigenvalue weighted by molar-refractivity contribution is -0.156. The van der Waals surface area contributed by atoms with Crippen LogP contribution in [0.4, 0.5) is 0 Å². The molecule has 1 aliphatic rings. The van der Waals surface area contributed by atoms with Crippen LogP contribution in [0.3, 0.4) is 0 Å². The minimum Gasteiger partial charge on any atom is -0.493 e. The molecule has 1 aromatic rings. The van der Waals surface area contributed by atoms with Crippen molar-refractivity contribution in [3.05, 3.63) is 23.8 Å². The fourth-order valence-corrected chi connectivity index (χ4v) is 2.73. The summed E-state index contributed by atoms with van der Waals surface area (Å²) in [6, 6.07) is 5.19. The number of carbonyl (C=O) groups is 2. The van der Waals surface area contributed by atoms with Crippen LogP contribution in [-0.4, -0.2) is 49.1 Å². The molecule has 1 aliphatic heterocycles. The third-order valence-electron chi connectivity index (χ3n) is 4.17. The molecule has 0 radical (unpaired) electrons. The van der Waals surface area contributed by atoms with Crippen molar-refractivity contribution < 1.29 is 29.0 Å². The van der Waals surface area contributed by atoms with Gasteiger partial charge in [0.15, 0.2) is 11.5 Å². The van der Waals surface area contributed by atoms with Crippen LogP contribution in [0, 0.1) is 0 Å². The second kappa shape index (κ2) is 8.55. The fraction of sp³-hybridized carbons (Fsp3) is 0.500. The van der Waals surface area contributed by atoms with Crippen LogP contribution >= 0.6 is 0 Å². The van der Waals surface area contributed by atoms with Crippen LogP contribution in [-0.2, 0) is 14.4 Å². The van der Waals surface area contributed by atoms with Gasteiger partial charge in [-0.2, -0.15) is 0 Å². The Balaban J connectivity index is 2.21. The topological polar surface area (TPSA) is 106 Å². The Morgan fingerprint density at radius 1 is 1.31 bits per heavy atom. The monoisotopic (exact) mass is 364 g/mol. The number of hydrogen-bond acceptors (Lipinski definition) is 6. The van der Waals surface area contributed by atoms with Crippen molar-refractivity contribution in [1.82, 2.24) is 5.32 Å². The van der Waals surface area contributed by atoms with E-state index in [-0.39, 0.29) is 6.42 Å². The van der Waals surface area contributed by atoms with Crippen molar-refractivity contribution in [2.24, 2.45) is 5.16 Å². The molecule has 1 aromatic carbocycles. The highest BCUT2D eigenvalue weighted by atomic mass is 16.7. The van der Waals surface area contributed by atoms with E-state index in [2.05, 4.69) is 10.5 Å². The summed E-state index contributed by atoms with van der Waals surface area (Å²) in [6.45, 7) is 2.47. The Morgan fingerprint density at radius 2 is 2.04 bits per heavy atom. The zero-order chi connectivity index (χ0) is 19.2. The highest BCUT2D eigenvalue weighted by molar-refractivity contribution is 6.06. The molecule has 0 aliphatic carbocycles. The molecule has 2 rings (SSSR count). The van der Waals surface area contributed by atoms with Gasteiger partial charge in [0.1, 0.15) is 0 Å². The normalized spacial score (nSPS) is 18.7. The average Bonchev–Trinajstić information content (AvgIpc) is 3.05. The van der Waals surface area contributed by atoms with Gasteiger partial charge in [0.05, 0.1) is 26.4 Å². The van der Waals surface area contributed by atoms with Gasteiger partial charge in [-0.25, -0.2) is 0 Å². The molecule has 1 atom stereocenters. The van der Waals surface area contributed by atoms with Crippen molar-refractivity contribution in [3.8, 4) is 11.5 Å². The van der Waals surface area contributed by atoms with Crippen molar-refractivity contribution in [1.29, 1.82) is 0 Å². The molecule has 1 unspecified atom stereocenters. The zero-order valence-corrected chi connectivity index (χ0v) is 15.2. The average molecular weight is 364 g/mol. The van der Waals surface area contributed by atoms with Gasteiger partial charge in [0.2, 0.25) is 5.60 Å². The van der Waals surface area contributed by atoms with Crippen molar-refractivity contribution in [2.45, 2.75) is 38.2 Å². The Kier molecular flexibility index (Phi) is 6.43. The predicted molar refractivity (Wildman–Crippen MR) is 94.7 cm³/mol. The minimum atomic E-state index is -1.54. The molecule has 142 valence electrons. The van der Waals surface area contributed by atoms with Gasteiger partial charge < -0.3 is 24.7 Å². The molecule has 1 amide bonds. The number of aliphatic carboxylic acids is 1. The Morgan fingerprint density at radius 3 is 2.65 bits per heavy atom. The Hall–Kier alpha value is -2.77. The third kappa shape index (κ3) is 4.25. The summed E-state index contributed by atoms with van der Waals surface area (Å²) in [4.78, 5) is 29.2. The van der Waals surface area contributed by atoms with Crippen LogP contribution in [0.1, 0.15) is 38.2 Å². The molecule has 1 heterocycles. The summed E-state index contributed by atoms with van der Waals surface area (Å²) in [7, 11) is 3.05. The number of carbonyl (C=O) groups excluding carboxylic acids is 1. The maximum atomic E-state index is 12.6. The number of ether oxygens (including phenoxy) is 2. The molecule has 0 fully saturated rings. The lowest BCUT2D eigenvalue weighted by atomic mass is 9.90. The predicted octanol–water partition coefficient (Wildman–Crippen LogP) is 1.96. The molecule has 0 bridgehead atoms. The lowest BCUT2D eigenvalue weighted by Crippen LogP contribution is -2.48. The van der Waals surface area contributed by atoms with E-state index in [9.17, 15) is 14.7 Å². The first-order chi connectivity index (χ1) is 12.5. The van der Waals surface area contributed by atoms with Crippen LogP contribution in [0.2, 0.25) is 0 Å². The molecule has 0 aromatic heterocycles. The molecule has 8 heteroatoms. The molecular weight excluding hydrogens is 340 g/mol. The van der Waals surface area contributed by atoms with Gasteiger partial charge in [0, 0.05) is 18.5 Å². The van der Waals surface area contributed by atoms with Crippen molar-refractivity contribution >= 4 is 17.6 Å². The molecule has 8 nitrogen and oxygen atoms in total. The molecule has 0 spiro atoms. The first kappa shape index (κ1) is 19.6. The molecule has 26 heavy (non-hydrogen) atoms. The maximum Gasteiger partial charge on any atom is 0.308 e. The van der Waals surface area contributed by atoms with Gasteiger partial charge in [-0.1, -0.05) is 18.5 Å². The number of hydrogen-bond donors (Lipinski definition) is 2. The quantitative estimate of drug-likeness (QED) is 0.649. The SMILES string of the molecule is CCCCNC(=O)C1(CC(=O)O)CC(c2ccc(OC)c(OC)c2)=NO1. The van der Waals surface area contributed by atoms with Crippen LogP contribution < -0.4 is 14.8 Å². The van der Waals surface area contributed by atoms with E-state index < -0.39 is 23.9 Å². The zero-order valence-electron chi connectivity index (χ0n) is 15.2. The number of unbranched alkanes of at least 4 members (excludes halogenated alkanes) is 1. The van der Waals surface area contributed by atoms with E-state index in [1.54, 1.807) is 18.2 Å². The van der Waals surface area contributed by atoms with Gasteiger partial charge in [-0.05, 0) is 24.6 Å². The van der Waals surface area contributed by atoms with Crippen LogP contribution in [0.25, 0.3) is 0 Å². The highest BCUT2D eigenvalue weighted by Crippen LogP contribution is 2.34. The Bertz CT molecular complexity index is 703. The summed E-state index contributed by atoms with van der Waals surface area (Å²) < 4.78 is 10.5. The summed E-state index contributed by atoms with van der Waals surface area (Å²) in [5.74, 6) is -0.521. The smallest absolute Gasteiger partial charge is 0.308 e.